The van der Waals surface area contributed by atoms with Crippen molar-refractivity contribution in [3.63, 3.8) is 0 Å². The summed E-state index contributed by atoms with van der Waals surface area (Å²) in [6.07, 6.45) is -2.87. The number of esters is 1. The van der Waals surface area contributed by atoms with Gasteiger partial charge in [-0.05, 0) is 13.0 Å². The van der Waals surface area contributed by atoms with Gasteiger partial charge in [-0.25, -0.2) is 22.9 Å². The Morgan fingerprint density at radius 3 is 2.71 bits per heavy atom. The Bertz CT molecular complexity index is 426. The Balaban J connectivity index is 3.27. The van der Waals surface area contributed by atoms with Crippen LogP contribution in [0, 0.1) is 5.82 Å². The molecule has 17 heavy (non-hydrogen) atoms. The van der Waals surface area contributed by atoms with Crippen LogP contribution in [-0.4, -0.2) is 17.6 Å². The average Bonchev–Trinajstić information content (AvgIpc) is 2.29. The van der Waals surface area contributed by atoms with Crippen molar-refractivity contribution in [3.8, 4) is 0 Å². The predicted octanol–water partition coefficient (Wildman–Crippen LogP) is 3.23. The van der Waals surface area contributed by atoms with Gasteiger partial charge in [0, 0.05) is 5.33 Å². The van der Waals surface area contributed by atoms with Gasteiger partial charge in [-0.1, -0.05) is 15.9 Å². The van der Waals surface area contributed by atoms with Gasteiger partial charge in [-0.15, -0.1) is 0 Å². The molecule has 0 spiro atoms. The summed E-state index contributed by atoms with van der Waals surface area (Å²) in [5, 5.41) is -0.0637. The summed E-state index contributed by atoms with van der Waals surface area (Å²) in [6.45, 7) is 1.57. The molecule has 94 valence electrons. The number of pyridine rings is 1. The number of nitrogens with zero attached hydrogens (tertiary/aromatic N) is 1. The van der Waals surface area contributed by atoms with E-state index in [1.54, 1.807) is 0 Å². The van der Waals surface area contributed by atoms with Crippen LogP contribution < -0.4 is 0 Å². The lowest BCUT2D eigenvalue weighted by molar-refractivity contribution is 0.0519. The molecule has 0 amide bonds. The van der Waals surface area contributed by atoms with Crippen molar-refractivity contribution in [2.45, 2.75) is 18.7 Å². The van der Waals surface area contributed by atoms with E-state index < -0.39 is 29.5 Å². The molecule has 0 aliphatic carbocycles. The third kappa shape index (κ3) is 3.18. The fourth-order valence-corrected chi connectivity index (χ4v) is 1.53. The number of rotatable bonds is 4. The molecular weight excluding hydrogens is 303 g/mol. The molecular formula is C10H9BrF3NO2. The monoisotopic (exact) mass is 311 g/mol. The van der Waals surface area contributed by atoms with E-state index in [4.69, 9.17) is 0 Å². The van der Waals surface area contributed by atoms with E-state index in [1.807, 2.05) is 0 Å². The predicted molar refractivity (Wildman–Crippen MR) is 57.7 cm³/mol. The minimum absolute atomic E-state index is 0.0360. The van der Waals surface area contributed by atoms with Gasteiger partial charge in [0.1, 0.15) is 5.69 Å². The van der Waals surface area contributed by atoms with E-state index in [0.717, 1.165) is 0 Å². The Morgan fingerprint density at radius 2 is 2.24 bits per heavy atom. The zero-order valence-electron chi connectivity index (χ0n) is 8.84. The highest BCUT2D eigenvalue weighted by Crippen LogP contribution is 2.23. The molecule has 0 unspecified atom stereocenters. The summed E-state index contributed by atoms with van der Waals surface area (Å²) < 4.78 is 43.2. The molecule has 0 radical (unpaired) electrons. The molecule has 0 bridgehead atoms. The fourth-order valence-electron chi connectivity index (χ4n) is 1.16. The molecule has 0 aliphatic rings. The Morgan fingerprint density at radius 1 is 1.59 bits per heavy atom. The van der Waals surface area contributed by atoms with Crippen LogP contribution in [0.1, 0.15) is 35.1 Å². The summed E-state index contributed by atoms with van der Waals surface area (Å²) in [6, 6.07) is 0.712. The lowest BCUT2D eigenvalue weighted by atomic mass is 10.2. The lowest BCUT2D eigenvalue weighted by Crippen LogP contribution is -2.11. The van der Waals surface area contributed by atoms with Crippen molar-refractivity contribution in [2.24, 2.45) is 0 Å². The standard InChI is InChI=1S/C10H9BrF3NO2/c1-2-17-10(16)5-3-6(9(13)14)15-7(4-11)8(5)12/h3,9H,2,4H2,1H3. The van der Waals surface area contributed by atoms with Gasteiger partial charge in [0.15, 0.2) is 5.82 Å². The molecule has 3 nitrogen and oxygen atoms in total. The van der Waals surface area contributed by atoms with E-state index in [2.05, 4.69) is 25.7 Å². The number of hydrogen-bond acceptors (Lipinski definition) is 3. The van der Waals surface area contributed by atoms with Crippen molar-refractivity contribution in [3.05, 3.63) is 28.8 Å². The third-order valence-electron chi connectivity index (χ3n) is 1.89. The number of carbonyl (C=O) groups is 1. The number of hydrogen-bond donors (Lipinski definition) is 0. The van der Waals surface area contributed by atoms with Crippen LogP contribution in [0.3, 0.4) is 0 Å². The Kier molecular flexibility index (Phi) is 4.92. The number of carbonyl (C=O) groups excluding carboxylic acids is 1. The van der Waals surface area contributed by atoms with Crippen molar-refractivity contribution < 1.29 is 22.7 Å². The van der Waals surface area contributed by atoms with Crippen LogP contribution in [0.5, 0.6) is 0 Å². The molecule has 0 saturated heterocycles. The van der Waals surface area contributed by atoms with Gasteiger partial charge in [-0.3, -0.25) is 0 Å². The Labute approximate surface area is 104 Å². The minimum atomic E-state index is -2.87. The van der Waals surface area contributed by atoms with Crippen LogP contribution in [0.25, 0.3) is 0 Å². The molecule has 1 rings (SSSR count). The molecule has 0 saturated carbocycles. The topological polar surface area (TPSA) is 39.2 Å². The quantitative estimate of drug-likeness (QED) is 0.633. The van der Waals surface area contributed by atoms with Crippen molar-refractivity contribution in [2.75, 3.05) is 6.61 Å². The first-order chi connectivity index (χ1) is 8.01. The first-order valence-electron chi connectivity index (χ1n) is 4.71. The van der Waals surface area contributed by atoms with E-state index in [-0.39, 0.29) is 17.6 Å². The second-order valence-corrected chi connectivity index (χ2v) is 3.57. The third-order valence-corrected chi connectivity index (χ3v) is 2.42. The largest absolute Gasteiger partial charge is 0.462 e. The van der Waals surface area contributed by atoms with Crippen LogP contribution in [0.2, 0.25) is 0 Å². The first-order valence-corrected chi connectivity index (χ1v) is 5.83. The maximum absolute atomic E-state index is 13.7. The van der Waals surface area contributed by atoms with E-state index in [0.29, 0.717) is 6.07 Å². The van der Waals surface area contributed by atoms with Crippen molar-refractivity contribution in [1.82, 2.24) is 4.98 Å². The maximum Gasteiger partial charge on any atom is 0.341 e. The molecule has 1 aromatic heterocycles. The first kappa shape index (κ1) is 14.0. The second-order valence-electron chi connectivity index (χ2n) is 3.01. The van der Waals surface area contributed by atoms with Gasteiger partial charge in [0.25, 0.3) is 6.43 Å². The van der Waals surface area contributed by atoms with Gasteiger partial charge >= 0.3 is 5.97 Å². The Hall–Kier alpha value is -1.11. The zero-order chi connectivity index (χ0) is 13.0. The number of halogens is 4. The number of alkyl halides is 3. The molecule has 1 heterocycles. The summed E-state index contributed by atoms with van der Waals surface area (Å²) in [4.78, 5) is 14.8. The molecule has 0 fully saturated rings. The zero-order valence-corrected chi connectivity index (χ0v) is 10.4. The number of aromatic nitrogens is 1. The van der Waals surface area contributed by atoms with E-state index in [9.17, 15) is 18.0 Å². The highest BCUT2D eigenvalue weighted by Gasteiger charge is 2.22. The summed E-state index contributed by atoms with van der Waals surface area (Å²) in [5.41, 5.74) is -1.42. The summed E-state index contributed by atoms with van der Waals surface area (Å²) in [5.74, 6) is -1.92. The highest BCUT2D eigenvalue weighted by atomic mass is 79.9. The van der Waals surface area contributed by atoms with Crippen LogP contribution >= 0.6 is 15.9 Å². The van der Waals surface area contributed by atoms with Crippen LogP contribution in [0.15, 0.2) is 6.07 Å². The van der Waals surface area contributed by atoms with Gasteiger partial charge in [0.2, 0.25) is 0 Å². The highest BCUT2D eigenvalue weighted by molar-refractivity contribution is 9.08. The lowest BCUT2D eigenvalue weighted by Gasteiger charge is -2.08. The van der Waals surface area contributed by atoms with E-state index >= 15 is 0 Å². The van der Waals surface area contributed by atoms with Gasteiger partial charge in [-0.2, -0.15) is 0 Å². The fraction of sp³-hybridized carbons (Fsp3) is 0.400. The molecule has 1 aromatic rings. The van der Waals surface area contributed by atoms with E-state index in [1.165, 1.54) is 6.92 Å². The maximum atomic E-state index is 13.7. The number of ether oxygens (including phenoxy) is 1. The SMILES string of the molecule is CCOC(=O)c1cc(C(F)F)nc(CBr)c1F. The van der Waals surface area contributed by atoms with Gasteiger partial charge < -0.3 is 4.74 Å². The molecule has 7 heteroatoms. The van der Waals surface area contributed by atoms with Gasteiger partial charge in [0.05, 0.1) is 17.9 Å². The summed E-state index contributed by atoms with van der Waals surface area (Å²) in [7, 11) is 0. The summed E-state index contributed by atoms with van der Waals surface area (Å²) >= 11 is 2.91. The van der Waals surface area contributed by atoms with Crippen molar-refractivity contribution >= 4 is 21.9 Å². The molecule has 0 N–H and O–H groups in total. The normalized spacial score (nSPS) is 10.7. The average molecular weight is 312 g/mol. The molecule has 0 aliphatic heterocycles. The van der Waals surface area contributed by atoms with Crippen LogP contribution in [0.4, 0.5) is 13.2 Å². The molecule has 0 aromatic carbocycles. The second kappa shape index (κ2) is 6.00. The van der Waals surface area contributed by atoms with Crippen molar-refractivity contribution in [1.29, 1.82) is 0 Å². The molecule has 0 atom stereocenters. The minimum Gasteiger partial charge on any atom is -0.462 e. The van der Waals surface area contributed by atoms with Crippen LogP contribution in [-0.2, 0) is 10.1 Å². The smallest absolute Gasteiger partial charge is 0.341 e.